The van der Waals surface area contributed by atoms with Crippen molar-refractivity contribution in [1.29, 1.82) is 0 Å². The fourth-order valence-corrected chi connectivity index (χ4v) is 2.61. The fraction of sp³-hybridized carbons (Fsp3) is 0.429. The number of guanidine groups is 1. The Kier molecular flexibility index (Phi) is 12.2. The van der Waals surface area contributed by atoms with Gasteiger partial charge in [-0.15, -0.1) is 24.0 Å². The molecule has 0 saturated carbocycles. The predicted octanol–water partition coefficient (Wildman–Crippen LogP) is 3.32. The van der Waals surface area contributed by atoms with E-state index in [2.05, 4.69) is 27.5 Å². The number of aromatic nitrogens is 1. The Bertz CT molecular complexity index is 698. The maximum Gasteiger partial charge on any atom is 0.218 e. The predicted molar refractivity (Wildman–Crippen MR) is 125 cm³/mol. The largest absolute Gasteiger partial charge is 0.477 e. The molecule has 0 saturated heterocycles. The van der Waals surface area contributed by atoms with Crippen molar-refractivity contribution in [1.82, 2.24) is 15.6 Å². The van der Waals surface area contributed by atoms with Crippen LogP contribution in [0, 0.1) is 0 Å². The lowest BCUT2D eigenvalue weighted by Gasteiger charge is -2.18. The van der Waals surface area contributed by atoms with Gasteiger partial charge in [-0.3, -0.25) is 0 Å². The van der Waals surface area contributed by atoms with Gasteiger partial charge in [0.15, 0.2) is 5.96 Å². The second-order valence-electron chi connectivity index (χ2n) is 6.18. The molecule has 2 rings (SSSR count). The summed E-state index contributed by atoms with van der Waals surface area (Å²) in [6, 6.07) is 13.9. The van der Waals surface area contributed by atoms with E-state index < -0.39 is 0 Å². The first-order valence-electron chi connectivity index (χ1n) is 9.53. The standard InChI is InChI=1S/C21H30N4O2.HI/c1-3-13-27-20-18(11-8-12-23-20)14-24-21(22-4-2)25-15-19(16-26)17-9-6-5-7-10-17;/h5-12,19,26H,3-4,13-16H2,1-2H3,(H2,22,24,25);1H. The number of nitrogens with zero attached hydrogens (tertiary/aromatic N) is 2. The summed E-state index contributed by atoms with van der Waals surface area (Å²) in [6.07, 6.45) is 2.67. The number of halogens is 1. The number of aliphatic imine (C=N–C) groups is 1. The number of ether oxygens (including phenoxy) is 1. The van der Waals surface area contributed by atoms with Crippen LogP contribution in [-0.2, 0) is 6.54 Å². The average Bonchev–Trinajstić information content (AvgIpc) is 2.72. The number of pyridine rings is 1. The molecule has 0 bridgehead atoms. The van der Waals surface area contributed by atoms with Crippen LogP contribution in [0.3, 0.4) is 0 Å². The Balaban J connectivity index is 0.00000392. The van der Waals surface area contributed by atoms with Gasteiger partial charge in [-0.05, 0) is 25.0 Å². The number of benzene rings is 1. The fourth-order valence-electron chi connectivity index (χ4n) is 2.61. The van der Waals surface area contributed by atoms with Crippen LogP contribution >= 0.6 is 24.0 Å². The highest BCUT2D eigenvalue weighted by atomic mass is 127. The van der Waals surface area contributed by atoms with Crippen molar-refractivity contribution >= 4 is 29.9 Å². The zero-order valence-corrected chi connectivity index (χ0v) is 18.9. The van der Waals surface area contributed by atoms with E-state index in [1.54, 1.807) is 6.20 Å². The Morgan fingerprint density at radius 1 is 1.14 bits per heavy atom. The molecule has 0 fully saturated rings. The maximum absolute atomic E-state index is 9.72. The number of hydrogen-bond acceptors (Lipinski definition) is 4. The lowest BCUT2D eigenvalue weighted by molar-refractivity contribution is 0.265. The molecule has 1 heterocycles. The molecule has 1 aromatic carbocycles. The van der Waals surface area contributed by atoms with E-state index in [1.165, 1.54) is 0 Å². The SMILES string of the molecule is CCCOc1ncccc1CN=C(NCC)NCC(CO)c1ccccc1.I. The minimum absolute atomic E-state index is 0. The molecule has 1 atom stereocenters. The highest BCUT2D eigenvalue weighted by Crippen LogP contribution is 2.16. The Labute approximate surface area is 184 Å². The van der Waals surface area contributed by atoms with Gasteiger partial charge in [0.1, 0.15) is 0 Å². The highest BCUT2D eigenvalue weighted by molar-refractivity contribution is 14.0. The van der Waals surface area contributed by atoms with Gasteiger partial charge in [0.25, 0.3) is 0 Å². The zero-order valence-electron chi connectivity index (χ0n) is 16.6. The van der Waals surface area contributed by atoms with Gasteiger partial charge in [0.2, 0.25) is 5.88 Å². The molecule has 0 aliphatic rings. The second kappa shape index (κ2) is 14.2. The Hall–Kier alpha value is -1.87. The van der Waals surface area contributed by atoms with Crippen molar-refractivity contribution in [2.24, 2.45) is 4.99 Å². The van der Waals surface area contributed by atoms with E-state index in [4.69, 9.17) is 4.74 Å². The van der Waals surface area contributed by atoms with Crippen LogP contribution in [0.15, 0.2) is 53.7 Å². The molecule has 1 unspecified atom stereocenters. The van der Waals surface area contributed by atoms with Crippen LogP contribution in [0.25, 0.3) is 0 Å². The van der Waals surface area contributed by atoms with Crippen LogP contribution in [0.1, 0.15) is 37.3 Å². The van der Waals surface area contributed by atoms with Crippen LogP contribution in [0.2, 0.25) is 0 Å². The van der Waals surface area contributed by atoms with Gasteiger partial charge in [0, 0.05) is 30.8 Å². The molecular weight excluding hydrogens is 467 g/mol. The summed E-state index contributed by atoms with van der Waals surface area (Å²) in [5.74, 6) is 1.35. The smallest absolute Gasteiger partial charge is 0.218 e. The summed E-state index contributed by atoms with van der Waals surface area (Å²) in [7, 11) is 0. The molecule has 0 aliphatic heterocycles. The first kappa shape index (κ1) is 24.2. The molecule has 6 nitrogen and oxygen atoms in total. The summed E-state index contributed by atoms with van der Waals surface area (Å²) in [4.78, 5) is 8.95. The van der Waals surface area contributed by atoms with Crippen molar-refractivity contribution in [2.75, 3.05) is 26.3 Å². The molecule has 28 heavy (non-hydrogen) atoms. The Morgan fingerprint density at radius 2 is 1.93 bits per heavy atom. The molecule has 154 valence electrons. The summed E-state index contributed by atoms with van der Waals surface area (Å²) >= 11 is 0. The number of aliphatic hydroxyl groups is 1. The van der Waals surface area contributed by atoms with E-state index in [-0.39, 0.29) is 36.5 Å². The quantitative estimate of drug-likeness (QED) is 0.266. The molecular formula is C21H31IN4O2. The van der Waals surface area contributed by atoms with Gasteiger partial charge >= 0.3 is 0 Å². The van der Waals surface area contributed by atoms with Crippen molar-refractivity contribution in [3.8, 4) is 5.88 Å². The van der Waals surface area contributed by atoms with Crippen molar-refractivity contribution in [3.05, 3.63) is 59.8 Å². The van der Waals surface area contributed by atoms with Gasteiger partial charge in [-0.2, -0.15) is 0 Å². The highest BCUT2D eigenvalue weighted by Gasteiger charge is 2.11. The lowest BCUT2D eigenvalue weighted by atomic mass is 10.0. The first-order chi connectivity index (χ1) is 13.3. The van der Waals surface area contributed by atoms with Gasteiger partial charge in [-0.25, -0.2) is 9.98 Å². The van der Waals surface area contributed by atoms with Crippen molar-refractivity contribution in [2.45, 2.75) is 32.7 Å². The van der Waals surface area contributed by atoms with E-state index in [9.17, 15) is 5.11 Å². The molecule has 0 amide bonds. The van der Waals surface area contributed by atoms with Crippen molar-refractivity contribution < 1.29 is 9.84 Å². The minimum Gasteiger partial charge on any atom is -0.477 e. The summed E-state index contributed by atoms with van der Waals surface area (Å²) < 4.78 is 5.70. The van der Waals surface area contributed by atoms with Gasteiger partial charge < -0.3 is 20.5 Å². The van der Waals surface area contributed by atoms with E-state index in [0.717, 1.165) is 24.1 Å². The molecule has 0 radical (unpaired) electrons. The van der Waals surface area contributed by atoms with Crippen LogP contribution in [0.5, 0.6) is 5.88 Å². The summed E-state index contributed by atoms with van der Waals surface area (Å²) in [6.45, 7) is 6.63. The third-order valence-corrected chi connectivity index (χ3v) is 4.05. The van der Waals surface area contributed by atoms with E-state index in [0.29, 0.717) is 31.5 Å². The van der Waals surface area contributed by atoms with Gasteiger partial charge in [-0.1, -0.05) is 43.3 Å². The number of aliphatic hydroxyl groups excluding tert-OH is 1. The number of hydrogen-bond donors (Lipinski definition) is 3. The molecule has 0 spiro atoms. The molecule has 3 N–H and O–H groups in total. The Morgan fingerprint density at radius 3 is 2.61 bits per heavy atom. The topological polar surface area (TPSA) is 78.8 Å². The van der Waals surface area contributed by atoms with Crippen LogP contribution < -0.4 is 15.4 Å². The maximum atomic E-state index is 9.72. The van der Waals surface area contributed by atoms with E-state index >= 15 is 0 Å². The number of rotatable bonds is 10. The zero-order chi connectivity index (χ0) is 19.3. The van der Waals surface area contributed by atoms with Crippen LogP contribution in [-0.4, -0.2) is 42.4 Å². The van der Waals surface area contributed by atoms with Crippen LogP contribution in [0.4, 0.5) is 0 Å². The van der Waals surface area contributed by atoms with Gasteiger partial charge in [0.05, 0.1) is 19.8 Å². The summed E-state index contributed by atoms with van der Waals surface area (Å²) in [5, 5.41) is 16.3. The average molecular weight is 498 g/mol. The van der Waals surface area contributed by atoms with E-state index in [1.807, 2.05) is 49.4 Å². The lowest BCUT2D eigenvalue weighted by Crippen LogP contribution is -2.39. The number of nitrogens with one attached hydrogen (secondary N) is 2. The third-order valence-electron chi connectivity index (χ3n) is 4.05. The first-order valence-corrected chi connectivity index (χ1v) is 9.53. The monoisotopic (exact) mass is 498 g/mol. The second-order valence-corrected chi connectivity index (χ2v) is 6.18. The minimum atomic E-state index is 0. The third kappa shape index (κ3) is 8.02. The molecule has 1 aromatic heterocycles. The summed E-state index contributed by atoms with van der Waals surface area (Å²) in [5.41, 5.74) is 2.05. The normalized spacial score (nSPS) is 12.0. The molecule has 2 aromatic rings. The molecule has 7 heteroatoms. The van der Waals surface area contributed by atoms with Crippen molar-refractivity contribution in [3.63, 3.8) is 0 Å². The molecule has 0 aliphatic carbocycles.